The van der Waals surface area contributed by atoms with Crippen molar-refractivity contribution < 1.29 is 12.8 Å². The average molecular weight is 378 g/mol. The van der Waals surface area contributed by atoms with Crippen molar-refractivity contribution in [3.05, 3.63) is 96.7 Å². The minimum absolute atomic E-state index is 0.134. The molecule has 0 atom stereocenters. The SMILES string of the molecule is O=S(=O)(c1cccc2ccccc12)N(Cc1ccccn1)Cc1ccco1. The van der Waals surface area contributed by atoms with Crippen molar-refractivity contribution in [3.8, 4) is 0 Å². The summed E-state index contributed by atoms with van der Waals surface area (Å²) in [7, 11) is -3.77. The molecule has 2 aromatic heterocycles. The Labute approximate surface area is 157 Å². The van der Waals surface area contributed by atoms with E-state index in [4.69, 9.17) is 4.42 Å². The predicted molar refractivity (Wildman–Crippen MR) is 103 cm³/mol. The third kappa shape index (κ3) is 3.63. The van der Waals surface area contributed by atoms with Gasteiger partial charge >= 0.3 is 0 Å². The first-order valence-electron chi connectivity index (χ1n) is 8.55. The van der Waals surface area contributed by atoms with Crippen LogP contribution in [0.3, 0.4) is 0 Å². The highest BCUT2D eigenvalue weighted by molar-refractivity contribution is 7.89. The highest BCUT2D eigenvalue weighted by Gasteiger charge is 2.27. The van der Waals surface area contributed by atoms with E-state index in [2.05, 4.69) is 4.98 Å². The zero-order chi connectivity index (χ0) is 18.7. The van der Waals surface area contributed by atoms with E-state index in [-0.39, 0.29) is 18.0 Å². The summed E-state index contributed by atoms with van der Waals surface area (Å²) in [5, 5.41) is 1.58. The highest BCUT2D eigenvalue weighted by atomic mass is 32.2. The van der Waals surface area contributed by atoms with Gasteiger partial charge in [-0.25, -0.2) is 8.42 Å². The van der Waals surface area contributed by atoms with Crippen molar-refractivity contribution in [3.63, 3.8) is 0 Å². The third-order valence-electron chi connectivity index (χ3n) is 4.34. The molecule has 0 N–H and O–H groups in total. The highest BCUT2D eigenvalue weighted by Crippen LogP contribution is 2.27. The zero-order valence-corrected chi connectivity index (χ0v) is 15.3. The van der Waals surface area contributed by atoms with Crippen LogP contribution in [-0.2, 0) is 23.1 Å². The molecule has 0 unspecified atom stereocenters. The molecule has 0 radical (unpaired) electrons. The van der Waals surface area contributed by atoms with Gasteiger partial charge in [0.25, 0.3) is 0 Å². The Morgan fingerprint density at radius 2 is 1.67 bits per heavy atom. The van der Waals surface area contributed by atoms with E-state index in [1.54, 1.807) is 42.8 Å². The number of pyridine rings is 1. The van der Waals surface area contributed by atoms with Crippen molar-refractivity contribution >= 4 is 20.8 Å². The van der Waals surface area contributed by atoms with Crippen molar-refractivity contribution in [1.29, 1.82) is 0 Å². The minimum atomic E-state index is -3.77. The number of fused-ring (bicyclic) bond motifs is 1. The van der Waals surface area contributed by atoms with Crippen LogP contribution in [0.4, 0.5) is 0 Å². The zero-order valence-electron chi connectivity index (χ0n) is 14.5. The van der Waals surface area contributed by atoms with Crippen LogP contribution in [0.1, 0.15) is 11.5 Å². The molecule has 0 saturated heterocycles. The molecule has 0 aliphatic carbocycles. The largest absolute Gasteiger partial charge is 0.468 e. The summed E-state index contributed by atoms with van der Waals surface area (Å²) < 4.78 is 33.9. The van der Waals surface area contributed by atoms with Crippen LogP contribution in [0.2, 0.25) is 0 Å². The van der Waals surface area contributed by atoms with E-state index in [0.717, 1.165) is 5.39 Å². The smallest absolute Gasteiger partial charge is 0.244 e. The van der Waals surface area contributed by atoms with Gasteiger partial charge in [0.05, 0.1) is 29.9 Å². The second-order valence-electron chi connectivity index (χ2n) is 6.15. The first kappa shape index (κ1) is 17.5. The molecule has 4 rings (SSSR count). The molecule has 0 aliphatic rings. The minimum Gasteiger partial charge on any atom is -0.468 e. The van der Waals surface area contributed by atoms with Crippen molar-refractivity contribution in [2.24, 2.45) is 0 Å². The van der Waals surface area contributed by atoms with Crippen LogP contribution < -0.4 is 0 Å². The number of furan rings is 1. The number of hydrogen-bond donors (Lipinski definition) is 0. The molecule has 0 bridgehead atoms. The van der Waals surface area contributed by atoms with E-state index in [1.165, 1.54) is 4.31 Å². The standard InChI is InChI=1S/C21H18N2O3S/c24-27(25,21-12-5-8-17-7-1-2-11-20(17)21)23(16-19-10-6-14-26-19)15-18-9-3-4-13-22-18/h1-14H,15-16H2. The van der Waals surface area contributed by atoms with E-state index in [1.807, 2.05) is 42.5 Å². The van der Waals surface area contributed by atoms with Gasteiger partial charge in [0.2, 0.25) is 10.0 Å². The Kier molecular flexibility index (Phi) is 4.75. The summed E-state index contributed by atoms with van der Waals surface area (Å²) in [4.78, 5) is 4.56. The Balaban J connectivity index is 1.79. The molecule has 0 spiro atoms. The number of hydrogen-bond acceptors (Lipinski definition) is 4. The molecule has 0 amide bonds. The van der Waals surface area contributed by atoms with Gasteiger partial charge < -0.3 is 4.42 Å². The van der Waals surface area contributed by atoms with Crippen LogP contribution in [0.15, 0.2) is 94.6 Å². The summed E-state index contributed by atoms with van der Waals surface area (Å²) in [5.41, 5.74) is 0.674. The first-order chi connectivity index (χ1) is 13.1. The molecular formula is C21H18N2O3S. The monoisotopic (exact) mass is 378 g/mol. The fraction of sp³-hybridized carbons (Fsp3) is 0.0952. The van der Waals surface area contributed by atoms with E-state index in [0.29, 0.717) is 16.8 Å². The fourth-order valence-electron chi connectivity index (χ4n) is 3.03. The van der Waals surface area contributed by atoms with Gasteiger partial charge in [-0.3, -0.25) is 4.98 Å². The molecule has 0 aliphatic heterocycles. The lowest BCUT2D eigenvalue weighted by atomic mass is 10.1. The van der Waals surface area contributed by atoms with Crippen LogP contribution in [0.25, 0.3) is 10.8 Å². The molecular weight excluding hydrogens is 360 g/mol. The number of benzene rings is 2. The third-order valence-corrected chi connectivity index (χ3v) is 6.19. The first-order valence-corrected chi connectivity index (χ1v) is 9.99. The van der Waals surface area contributed by atoms with E-state index in [9.17, 15) is 8.42 Å². The van der Waals surface area contributed by atoms with E-state index >= 15 is 0 Å². The second kappa shape index (κ2) is 7.34. The Morgan fingerprint density at radius 1 is 0.852 bits per heavy atom. The average Bonchev–Trinajstić information content (AvgIpc) is 3.21. The number of sulfonamides is 1. The molecule has 2 heterocycles. The molecule has 0 saturated carbocycles. The van der Waals surface area contributed by atoms with Crippen LogP contribution in [-0.4, -0.2) is 17.7 Å². The quantitative estimate of drug-likeness (QED) is 0.504. The molecule has 0 fully saturated rings. The summed E-state index contributed by atoms with van der Waals surface area (Å²) in [6, 6.07) is 21.8. The van der Waals surface area contributed by atoms with Crippen LogP contribution >= 0.6 is 0 Å². The maximum Gasteiger partial charge on any atom is 0.244 e. The lowest BCUT2D eigenvalue weighted by Crippen LogP contribution is -2.30. The Morgan fingerprint density at radius 3 is 2.44 bits per heavy atom. The predicted octanol–water partition coefficient (Wildman–Crippen LogP) is 4.22. The summed E-state index contributed by atoms with van der Waals surface area (Å²) in [6.07, 6.45) is 3.20. The molecule has 27 heavy (non-hydrogen) atoms. The van der Waals surface area contributed by atoms with E-state index < -0.39 is 10.0 Å². The summed E-state index contributed by atoms with van der Waals surface area (Å²) in [6.45, 7) is 0.294. The van der Waals surface area contributed by atoms with Gasteiger partial charge in [-0.1, -0.05) is 42.5 Å². The van der Waals surface area contributed by atoms with Crippen LogP contribution in [0.5, 0.6) is 0 Å². The number of aromatic nitrogens is 1. The Hall–Kier alpha value is -2.96. The normalized spacial score (nSPS) is 11.9. The number of rotatable bonds is 6. The van der Waals surface area contributed by atoms with Crippen molar-refractivity contribution in [2.75, 3.05) is 0 Å². The second-order valence-corrected chi connectivity index (χ2v) is 8.06. The summed E-state index contributed by atoms with van der Waals surface area (Å²) in [5.74, 6) is 0.578. The van der Waals surface area contributed by atoms with Crippen molar-refractivity contribution in [2.45, 2.75) is 18.0 Å². The lowest BCUT2D eigenvalue weighted by Gasteiger charge is -2.22. The molecule has 5 nitrogen and oxygen atoms in total. The fourth-order valence-corrected chi connectivity index (χ4v) is 4.63. The molecule has 4 aromatic rings. The molecule has 136 valence electrons. The molecule has 2 aromatic carbocycles. The molecule has 6 heteroatoms. The van der Waals surface area contributed by atoms with Gasteiger partial charge in [0.1, 0.15) is 5.76 Å². The van der Waals surface area contributed by atoms with Crippen molar-refractivity contribution in [1.82, 2.24) is 9.29 Å². The summed E-state index contributed by atoms with van der Waals surface area (Å²) >= 11 is 0. The lowest BCUT2D eigenvalue weighted by molar-refractivity contribution is 0.356. The van der Waals surface area contributed by atoms with Crippen LogP contribution in [0, 0.1) is 0 Å². The van der Waals surface area contributed by atoms with Gasteiger partial charge in [-0.2, -0.15) is 4.31 Å². The van der Waals surface area contributed by atoms with Gasteiger partial charge in [-0.05, 0) is 35.7 Å². The maximum absolute atomic E-state index is 13.5. The Bertz CT molecular complexity index is 1140. The van der Waals surface area contributed by atoms with Gasteiger partial charge in [0, 0.05) is 11.6 Å². The van der Waals surface area contributed by atoms with Gasteiger partial charge in [-0.15, -0.1) is 0 Å². The number of nitrogens with zero attached hydrogens (tertiary/aromatic N) is 2. The van der Waals surface area contributed by atoms with Gasteiger partial charge in [0.15, 0.2) is 0 Å². The topological polar surface area (TPSA) is 63.4 Å². The maximum atomic E-state index is 13.5.